The fourth-order valence-electron chi connectivity index (χ4n) is 2.97. The van der Waals surface area contributed by atoms with Gasteiger partial charge in [-0.2, -0.15) is 0 Å². The van der Waals surface area contributed by atoms with E-state index in [2.05, 4.69) is 5.32 Å². The standard InChI is InChI=1S/C22H23NO4/c1-4-14(2)21(22(25)26-3)23-16-10-11-17-18(24)13-19(27-20(17)12-16)15-8-6-5-7-9-15/h5-14,21,23H,4H2,1-3H3/t14-,21-/m0/s1. The summed E-state index contributed by atoms with van der Waals surface area (Å²) in [6, 6.07) is 15.7. The van der Waals surface area contributed by atoms with Crippen LogP contribution >= 0.6 is 0 Å². The molecule has 0 aliphatic carbocycles. The fourth-order valence-corrected chi connectivity index (χ4v) is 2.97. The number of hydrogen-bond donors (Lipinski definition) is 1. The van der Waals surface area contributed by atoms with E-state index in [1.807, 2.05) is 44.2 Å². The lowest BCUT2D eigenvalue weighted by atomic mass is 9.99. The molecule has 0 fully saturated rings. The molecule has 1 aromatic heterocycles. The minimum Gasteiger partial charge on any atom is -0.467 e. The molecule has 0 aliphatic heterocycles. The predicted molar refractivity (Wildman–Crippen MR) is 107 cm³/mol. The number of rotatable bonds is 6. The van der Waals surface area contributed by atoms with Crippen LogP contribution in [0.3, 0.4) is 0 Å². The van der Waals surface area contributed by atoms with Gasteiger partial charge in [-0.05, 0) is 18.1 Å². The summed E-state index contributed by atoms with van der Waals surface area (Å²) in [4.78, 5) is 24.6. The van der Waals surface area contributed by atoms with Gasteiger partial charge in [-0.25, -0.2) is 4.79 Å². The highest BCUT2D eigenvalue weighted by atomic mass is 16.5. The summed E-state index contributed by atoms with van der Waals surface area (Å²) in [6.07, 6.45) is 0.827. The van der Waals surface area contributed by atoms with Crippen molar-refractivity contribution in [3.05, 3.63) is 64.8 Å². The Morgan fingerprint density at radius 2 is 1.89 bits per heavy atom. The summed E-state index contributed by atoms with van der Waals surface area (Å²) < 4.78 is 10.9. The second-order valence-electron chi connectivity index (χ2n) is 6.58. The van der Waals surface area contributed by atoms with Gasteiger partial charge in [0.2, 0.25) is 0 Å². The third-order valence-electron chi connectivity index (χ3n) is 4.78. The van der Waals surface area contributed by atoms with Crippen molar-refractivity contribution in [2.75, 3.05) is 12.4 Å². The molecule has 3 aromatic rings. The van der Waals surface area contributed by atoms with Crippen LogP contribution in [0.15, 0.2) is 63.8 Å². The van der Waals surface area contributed by atoms with E-state index in [1.165, 1.54) is 13.2 Å². The molecule has 0 bridgehead atoms. The zero-order valence-electron chi connectivity index (χ0n) is 15.7. The monoisotopic (exact) mass is 365 g/mol. The summed E-state index contributed by atoms with van der Waals surface area (Å²) in [6.45, 7) is 4.01. The lowest BCUT2D eigenvalue weighted by Crippen LogP contribution is -2.36. The molecule has 3 rings (SSSR count). The van der Waals surface area contributed by atoms with Crippen molar-refractivity contribution >= 4 is 22.6 Å². The molecule has 0 radical (unpaired) electrons. The number of carbonyl (C=O) groups excluding carboxylic acids is 1. The normalized spacial score (nSPS) is 13.1. The van der Waals surface area contributed by atoms with Gasteiger partial charge in [0.15, 0.2) is 5.43 Å². The lowest BCUT2D eigenvalue weighted by Gasteiger charge is -2.23. The van der Waals surface area contributed by atoms with Crippen LogP contribution in [0.1, 0.15) is 20.3 Å². The molecular formula is C22H23NO4. The van der Waals surface area contributed by atoms with Crippen LogP contribution in [0.4, 0.5) is 5.69 Å². The molecule has 2 atom stereocenters. The van der Waals surface area contributed by atoms with Crippen molar-refractivity contribution < 1.29 is 13.9 Å². The van der Waals surface area contributed by atoms with E-state index in [4.69, 9.17) is 9.15 Å². The highest BCUT2D eigenvalue weighted by Gasteiger charge is 2.24. The van der Waals surface area contributed by atoms with Crippen molar-refractivity contribution in [3.8, 4) is 11.3 Å². The smallest absolute Gasteiger partial charge is 0.328 e. The van der Waals surface area contributed by atoms with Crippen molar-refractivity contribution in [2.24, 2.45) is 5.92 Å². The summed E-state index contributed by atoms with van der Waals surface area (Å²) >= 11 is 0. The van der Waals surface area contributed by atoms with Gasteiger partial charge in [0.05, 0.1) is 12.5 Å². The van der Waals surface area contributed by atoms with Gasteiger partial charge >= 0.3 is 5.97 Å². The maximum atomic E-state index is 12.5. The minimum atomic E-state index is -0.471. The van der Waals surface area contributed by atoms with Crippen LogP contribution in [0.2, 0.25) is 0 Å². The maximum absolute atomic E-state index is 12.5. The van der Waals surface area contributed by atoms with E-state index in [0.29, 0.717) is 22.4 Å². The van der Waals surface area contributed by atoms with Crippen LogP contribution in [0.5, 0.6) is 0 Å². The average Bonchev–Trinajstić information content (AvgIpc) is 2.71. The lowest BCUT2D eigenvalue weighted by molar-refractivity contribution is -0.142. The Kier molecular flexibility index (Phi) is 5.60. The molecule has 27 heavy (non-hydrogen) atoms. The van der Waals surface area contributed by atoms with Gasteiger partial charge in [0, 0.05) is 23.4 Å². The SMILES string of the molecule is CC[C@H](C)[C@H](Nc1ccc2c(=O)cc(-c3ccccc3)oc2c1)C(=O)OC. The Morgan fingerprint density at radius 1 is 1.15 bits per heavy atom. The summed E-state index contributed by atoms with van der Waals surface area (Å²) in [5.41, 5.74) is 1.90. The second kappa shape index (κ2) is 8.08. The number of nitrogens with one attached hydrogen (secondary N) is 1. The number of hydrogen-bond acceptors (Lipinski definition) is 5. The van der Waals surface area contributed by atoms with Crippen molar-refractivity contribution in [1.29, 1.82) is 0 Å². The molecule has 0 saturated carbocycles. The quantitative estimate of drug-likeness (QED) is 0.653. The van der Waals surface area contributed by atoms with Crippen molar-refractivity contribution in [1.82, 2.24) is 0 Å². The number of carbonyl (C=O) groups is 1. The number of ether oxygens (including phenoxy) is 1. The largest absolute Gasteiger partial charge is 0.467 e. The minimum absolute atomic E-state index is 0.0933. The highest BCUT2D eigenvalue weighted by molar-refractivity contribution is 5.84. The first-order chi connectivity index (χ1) is 13.0. The van der Waals surface area contributed by atoms with E-state index < -0.39 is 6.04 Å². The van der Waals surface area contributed by atoms with Gasteiger partial charge in [0.25, 0.3) is 0 Å². The zero-order chi connectivity index (χ0) is 19.4. The first-order valence-electron chi connectivity index (χ1n) is 9.01. The van der Waals surface area contributed by atoms with Crippen molar-refractivity contribution in [2.45, 2.75) is 26.3 Å². The Morgan fingerprint density at radius 3 is 2.56 bits per heavy atom. The zero-order valence-corrected chi connectivity index (χ0v) is 15.7. The highest BCUT2D eigenvalue weighted by Crippen LogP contribution is 2.25. The topological polar surface area (TPSA) is 68.5 Å². The number of benzene rings is 2. The summed E-state index contributed by atoms with van der Waals surface area (Å²) in [5.74, 6) is 0.288. The summed E-state index contributed by atoms with van der Waals surface area (Å²) in [7, 11) is 1.38. The van der Waals surface area contributed by atoms with Crippen LogP contribution in [0.25, 0.3) is 22.3 Å². The molecule has 0 amide bonds. The fraction of sp³-hybridized carbons (Fsp3) is 0.273. The van der Waals surface area contributed by atoms with E-state index >= 15 is 0 Å². The number of esters is 1. The van der Waals surface area contributed by atoms with Gasteiger partial charge in [-0.1, -0.05) is 50.6 Å². The molecule has 1 N–H and O–H groups in total. The molecule has 0 aliphatic rings. The Hall–Kier alpha value is -3.08. The van der Waals surface area contributed by atoms with Crippen LogP contribution in [-0.4, -0.2) is 19.1 Å². The maximum Gasteiger partial charge on any atom is 0.328 e. The van der Waals surface area contributed by atoms with Crippen LogP contribution < -0.4 is 10.7 Å². The van der Waals surface area contributed by atoms with Gasteiger partial charge < -0.3 is 14.5 Å². The van der Waals surface area contributed by atoms with E-state index in [0.717, 1.165) is 12.0 Å². The Bertz CT molecular complexity index is 994. The number of methoxy groups -OCH3 is 1. The van der Waals surface area contributed by atoms with Crippen LogP contribution in [0, 0.1) is 5.92 Å². The number of anilines is 1. The predicted octanol–water partition coefficient (Wildman–Crippen LogP) is 4.46. The Labute approximate surface area is 158 Å². The molecule has 0 saturated heterocycles. The molecule has 0 unspecified atom stereocenters. The molecular weight excluding hydrogens is 342 g/mol. The first-order valence-corrected chi connectivity index (χ1v) is 9.01. The third-order valence-corrected chi connectivity index (χ3v) is 4.78. The van der Waals surface area contributed by atoms with E-state index in [-0.39, 0.29) is 17.3 Å². The van der Waals surface area contributed by atoms with E-state index in [1.54, 1.807) is 18.2 Å². The number of fused-ring (bicyclic) bond motifs is 1. The first kappa shape index (κ1) is 18.7. The molecule has 2 aromatic carbocycles. The second-order valence-corrected chi connectivity index (χ2v) is 6.58. The van der Waals surface area contributed by atoms with Crippen LogP contribution in [-0.2, 0) is 9.53 Å². The molecule has 5 heteroatoms. The van der Waals surface area contributed by atoms with Gasteiger partial charge in [0.1, 0.15) is 17.4 Å². The molecule has 140 valence electrons. The molecule has 5 nitrogen and oxygen atoms in total. The third kappa shape index (κ3) is 4.03. The van der Waals surface area contributed by atoms with Crippen molar-refractivity contribution in [3.63, 3.8) is 0 Å². The molecule has 0 spiro atoms. The van der Waals surface area contributed by atoms with Gasteiger partial charge in [-0.15, -0.1) is 0 Å². The van der Waals surface area contributed by atoms with Gasteiger partial charge in [-0.3, -0.25) is 4.79 Å². The average molecular weight is 365 g/mol. The Balaban J connectivity index is 2.01. The van der Waals surface area contributed by atoms with E-state index in [9.17, 15) is 9.59 Å². The molecule has 1 heterocycles. The summed E-state index contributed by atoms with van der Waals surface area (Å²) in [5, 5.41) is 3.71.